The Labute approximate surface area is 76.8 Å². The molecule has 0 nitrogen and oxygen atoms in total. The third kappa shape index (κ3) is 1.05. The monoisotopic (exact) mass is 176 g/mol. The standard InChI is InChI=1S/C11H12S/c1-7-4-8(2)11-9(3)6-12-10(11)5-7/h4-6H,1-3H3. The van der Waals surface area contributed by atoms with Gasteiger partial charge in [-0.25, -0.2) is 0 Å². The molecule has 0 aliphatic heterocycles. The lowest BCUT2D eigenvalue weighted by atomic mass is 10.1. The average Bonchev–Trinajstić information content (AvgIpc) is 2.31. The summed E-state index contributed by atoms with van der Waals surface area (Å²) in [5.41, 5.74) is 4.18. The average molecular weight is 176 g/mol. The van der Waals surface area contributed by atoms with Crippen molar-refractivity contribution in [2.45, 2.75) is 20.8 Å². The highest BCUT2D eigenvalue weighted by Gasteiger charge is 2.02. The van der Waals surface area contributed by atoms with Crippen molar-refractivity contribution in [3.05, 3.63) is 34.2 Å². The number of fused-ring (bicyclic) bond motifs is 1. The number of hydrogen-bond acceptors (Lipinski definition) is 1. The Bertz CT molecular complexity index is 424. The second-order valence-corrected chi connectivity index (χ2v) is 4.28. The van der Waals surface area contributed by atoms with E-state index in [2.05, 4.69) is 38.3 Å². The van der Waals surface area contributed by atoms with Gasteiger partial charge in [-0.15, -0.1) is 11.3 Å². The Morgan fingerprint density at radius 1 is 1.00 bits per heavy atom. The molecule has 0 fully saturated rings. The van der Waals surface area contributed by atoms with E-state index in [0.29, 0.717) is 0 Å². The van der Waals surface area contributed by atoms with Crippen LogP contribution < -0.4 is 0 Å². The van der Waals surface area contributed by atoms with Crippen molar-refractivity contribution < 1.29 is 0 Å². The molecule has 2 rings (SSSR count). The van der Waals surface area contributed by atoms with Gasteiger partial charge in [-0.3, -0.25) is 0 Å². The minimum absolute atomic E-state index is 1.36. The highest BCUT2D eigenvalue weighted by molar-refractivity contribution is 7.17. The molecule has 1 aromatic carbocycles. The van der Waals surface area contributed by atoms with Crippen LogP contribution in [-0.2, 0) is 0 Å². The van der Waals surface area contributed by atoms with E-state index in [1.807, 2.05) is 11.3 Å². The Balaban J connectivity index is 2.93. The van der Waals surface area contributed by atoms with E-state index < -0.39 is 0 Å². The molecule has 62 valence electrons. The lowest BCUT2D eigenvalue weighted by Gasteiger charge is -1.99. The topological polar surface area (TPSA) is 0 Å². The second kappa shape index (κ2) is 2.60. The van der Waals surface area contributed by atoms with E-state index in [9.17, 15) is 0 Å². The van der Waals surface area contributed by atoms with Crippen LogP contribution in [-0.4, -0.2) is 0 Å². The number of aryl methyl sites for hydroxylation is 3. The molecule has 0 spiro atoms. The van der Waals surface area contributed by atoms with Crippen LogP contribution in [0.2, 0.25) is 0 Å². The smallest absolute Gasteiger partial charge is 0.0350 e. The Morgan fingerprint density at radius 2 is 1.75 bits per heavy atom. The van der Waals surface area contributed by atoms with Crippen LogP contribution in [0.15, 0.2) is 17.5 Å². The number of rotatable bonds is 0. The second-order valence-electron chi connectivity index (χ2n) is 3.37. The van der Waals surface area contributed by atoms with Gasteiger partial charge >= 0.3 is 0 Å². The fourth-order valence-electron chi connectivity index (χ4n) is 1.74. The molecule has 0 aliphatic carbocycles. The van der Waals surface area contributed by atoms with E-state index in [-0.39, 0.29) is 0 Å². The predicted molar refractivity (Wildman–Crippen MR) is 56.0 cm³/mol. The van der Waals surface area contributed by atoms with Gasteiger partial charge in [0.05, 0.1) is 0 Å². The first-order chi connectivity index (χ1) is 5.68. The summed E-state index contributed by atoms with van der Waals surface area (Å²) in [7, 11) is 0. The zero-order valence-corrected chi connectivity index (χ0v) is 8.46. The SMILES string of the molecule is Cc1cc(C)c2c(C)csc2c1. The first-order valence-electron chi connectivity index (χ1n) is 4.13. The molecule has 0 aliphatic rings. The molecule has 1 aromatic heterocycles. The third-order valence-electron chi connectivity index (χ3n) is 2.20. The Morgan fingerprint density at radius 3 is 2.50 bits per heavy atom. The fraction of sp³-hybridized carbons (Fsp3) is 0.273. The van der Waals surface area contributed by atoms with Gasteiger partial charge < -0.3 is 0 Å². The lowest BCUT2D eigenvalue weighted by Crippen LogP contribution is -1.78. The summed E-state index contributed by atoms with van der Waals surface area (Å²) in [4.78, 5) is 0. The van der Waals surface area contributed by atoms with Crippen molar-refractivity contribution in [3.8, 4) is 0 Å². The van der Waals surface area contributed by atoms with Crippen molar-refractivity contribution >= 4 is 21.4 Å². The van der Waals surface area contributed by atoms with Crippen LogP contribution >= 0.6 is 11.3 Å². The van der Waals surface area contributed by atoms with E-state index in [1.165, 1.54) is 26.8 Å². The van der Waals surface area contributed by atoms with Crippen LogP contribution in [0.25, 0.3) is 10.1 Å². The summed E-state index contributed by atoms with van der Waals surface area (Å²) in [6.07, 6.45) is 0. The molecule has 0 saturated heterocycles. The molecule has 0 N–H and O–H groups in total. The number of benzene rings is 1. The molecule has 0 amide bonds. The van der Waals surface area contributed by atoms with Crippen LogP contribution in [0.3, 0.4) is 0 Å². The minimum atomic E-state index is 1.36. The van der Waals surface area contributed by atoms with Crippen LogP contribution in [0.1, 0.15) is 16.7 Å². The van der Waals surface area contributed by atoms with Gasteiger partial charge in [0, 0.05) is 4.70 Å². The first-order valence-corrected chi connectivity index (χ1v) is 5.01. The van der Waals surface area contributed by atoms with Gasteiger partial charge in [-0.1, -0.05) is 6.07 Å². The number of hydrogen-bond donors (Lipinski definition) is 0. The highest BCUT2D eigenvalue weighted by Crippen LogP contribution is 2.29. The molecule has 2 aromatic rings. The van der Waals surface area contributed by atoms with Gasteiger partial charge in [-0.05, 0) is 54.3 Å². The maximum Gasteiger partial charge on any atom is 0.0350 e. The van der Waals surface area contributed by atoms with Crippen LogP contribution in [0, 0.1) is 20.8 Å². The Hall–Kier alpha value is -0.820. The molecule has 0 saturated carbocycles. The van der Waals surface area contributed by atoms with Gasteiger partial charge in [-0.2, -0.15) is 0 Å². The maximum absolute atomic E-state index is 2.26. The van der Waals surface area contributed by atoms with Gasteiger partial charge in [0.1, 0.15) is 0 Å². The largest absolute Gasteiger partial charge is 0.144 e. The van der Waals surface area contributed by atoms with Crippen LogP contribution in [0.5, 0.6) is 0 Å². The Kier molecular flexibility index (Phi) is 1.69. The third-order valence-corrected chi connectivity index (χ3v) is 3.25. The van der Waals surface area contributed by atoms with E-state index in [4.69, 9.17) is 0 Å². The van der Waals surface area contributed by atoms with E-state index in [1.54, 1.807) is 0 Å². The van der Waals surface area contributed by atoms with Gasteiger partial charge in [0.25, 0.3) is 0 Å². The van der Waals surface area contributed by atoms with Crippen molar-refractivity contribution in [1.82, 2.24) is 0 Å². The summed E-state index contributed by atoms with van der Waals surface area (Å²) in [6, 6.07) is 4.52. The predicted octanol–water partition coefficient (Wildman–Crippen LogP) is 3.83. The summed E-state index contributed by atoms with van der Waals surface area (Å²) in [6.45, 7) is 6.53. The van der Waals surface area contributed by atoms with Crippen molar-refractivity contribution in [3.63, 3.8) is 0 Å². The molecule has 0 unspecified atom stereocenters. The summed E-state index contributed by atoms with van der Waals surface area (Å²) in [5, 5.41) is 3.68. The fourth-order valence-corrected chi connectivity index (χ4v) is 2.85. The molecule has 0 atom stereocenters. The maximum atomic E-state index is 2.26. The minimum Gasteiger partial charge on any atom is -0.144 e. The van der Waals surface area contributed by atoms with Crippen molar-refractivity contribution in [2.75, 3.05) is 0 Å². The summed E-state index contributed by atoms with van der Waals surface area (Å²) < 4.78 is 1.42. The quantitative estimate of drug-likeness (QED) is 0.572. The van der Waals surface area contributed by atoms with Gasteiger partial charge in [0.2, 0.25) is 0 Å². The molecular weight excluding hydrogens is 164 g/mol. The summed E-state index contributed by atoms with van der Waals surface area (Å²) >= 11 is 1.84. The van der Waals surface area contributed by atoms with E-state index >= 15 is 0 Å². The molecule has 12 heavy (non-hydrogen) atoms. The first kappa shape index (κ1) is 7.81. The normalized spacial score (nSPS) is 10.9. The molecular formula is C11H12S. The van der Waals surface area contributed by atoms with E-state index in [0.717, 1.165) is 0 Å². The zero-order chi connectivity index (χ0) is 8.72. The molecule has 0 bridgehead atoms. The number of thiophene rings is 1. The van der Waals surface area contributed by atoms with Crippen molar-refractivity contribution in [1.29, 1.82) is 0 Å². The molecule has 0 radical (unpaired) electrons. The summed E-state index contributed by atoms with van der Waals surface area (Å²) in [5.74, 6) is 0. The lowest BCUT2D eigenvalue weighted by molar-refractivity contribution is 1.42. The molecule has 1 heteroatoms. The molecule has 1 heterocycles. The van der Waals surface area contributed by atoms with Crippen molar-refractivity contribution in [2.24, 2.45) is 0 Å². The van der Waals surface area contributed by atoms with Gasteiger partial charge in [0.15, 0.2) is 0 Å². The van der Waals surface area contributed by atoms with Crippen LogP contribution in [0.4, 0.5) is 0 Å². The highest BCUT2D eigenvalue weighted by atomic mass is 32.1. The zero-order valence-electron chi connectivity index (χ0n) is 7.64.